The molecule has 0 radical (unpaired) electrons. The van der Waals surface area contributed by atoms with Gasteiger partial charge >= 0.3 is 6.18 Å². The van der Waals surface area contributed by atoms with E-state index in [-0.39, 0.29) is 27.6 Å². The lowest BCUT2D eigenvalue weighted by atomic mass is 10.0. The van der Waals surface area contributed by atoms with Crippen LogP contribution in [0.4, 0.5) is 43.4 Å². The number of thioether (sulfide) groups is 1. The number of rotatable bonds is 9. The number of benzene rings is 3. The number of carbonyl (C=O) groups is 3. The highest BCUT2D eigenvalue weighted by Gasteiger charge is 2.67. The molecule has 1 unspecified atom stereocenters. The maximum atomic E-state index is 15.0. The number of anilines is 3. The van der Waals surface area contributed by atoms with Crippen LogP contribution in [0.15, 0.2) is 48.5 Å². The van der Waals surface area contributed by atoms with Gasteiger partial charge in [0.1, 0.15) is 21.7 Å². The first-order chi connectivity index (χ1) is 20.6. The molecule has 1 aliphatic rings. The molecule has 1 fully saturated rings. The molecule has 0 spiro atoms. The Kier molecular flexibility index (Phi) is 10.0. The van der Waals surface area contributed by atoms with Crippen molar-refractivity contribution in [1.82, 2.24) is 0 Å². The minimum absolute atomic E-state index is 0.00428. The largest absolute Gasteiger partial charge is 0.419 e. The fraction of sp³-hybridized carbons (Fsp3) is 0.250. The summed E-state index contributed by atoms with van der Waals surface area (Å²) in [6.45, 7) is 1.80. The minimum atomic E-state index is -4.99. The number of amides is 3. The monoisotopic (exact) mass is 697 g/mol. The van der Waals surface area contributed by atoms with Gasteiger partial charge in [-0.05, 0) is 53.8 Å². The van der Waals surface area contributed by atoms with Gasteiger partial charge in [-0.25, -0.2) is 13.2 Å². The number of nitrogens with one attached hydrogen (secondary N) is 3. The molecule has 0 heterocycles. The lowest BCUT2D eigenvalue weighted by Crippen LogP contribution is -2.19. The minimum Gasteiger partial charge on any atom is -0.326 e. The SMILES string of the molecule is CCSCC(=O)Nc1c(F)ccc(NC(=O)c2cc(NC(=O)[C@H]3C(c4ccc(F)c(C(F)(F)F)c4)C3(Cl)Cl)ccc2Cl)c1F. The first-order valence-corrected chi connectivity index (χ1v) is 14.9. The number of carbonyl (C=O) groups excluding carboxylic acids is 3. The molecule has 3 aromatic rings. The fourth-order valence-electron chi connectivity index (χ4n) is 4.34. The van der Waals surface area contributed by atoms with Crippen LogP contribution in [0.3, 0.4) is 0 Å². The van der Waals surface area contributed by atoms with Gasteiger partial charge in [0, 0.05) is 11.6 Å². The topological polar surface area (TPSA) is 87.3 Å². The van der Waals surface area contributed by atoms with E-state index < -0.39 is 74.5 Å². The molecule has 3 aromatic carbocycles. The predicted octanol–water partition coefficient (Wildman–Crippen LogP) is 8.25. The van der Waals surface area contributed by atoms with Crippen LogP contribution < -0.4 is 16.0 Å². The standard InChI is InChI=1S/C28H20Cl3F6N3O3S/c1-2-44-11-20(41)40-24-18(33)7-8-19(23(24)34)39-25(42)14-10-13(4-5-16(14)29)38-26(43)22-21(27(22,30)31)12-3-6-17(32)15(9-12)28(35,36)37/h3-10,21-22H,2,11H2,1H3,(H,38,43)(H,39,42)(H,40,41)/t21?,22-/m1/s1. The van der Waals surface area contributed by atoms with Crippen molar-refractivity contribution in [3.05, 3.63) is 87.7 Å². The Morgan fingerprint density at radius 1 is 0.932 bits per heavy atom. The second kappa shape index (κ2) is 13.1. The molecule has 3 amide bonds. The molecule has 0 aromatic heterocycles. The van der Waals surface area contributed by atoms with E-state index in [2.05, 4.69) is 16.0 Å². The van der Waals surface area contributed by atoms with E-state index in [0.29, 0.717) is 17.9 Å². The van der Waals surface area contributed by atoms with Gasteiger partial charge in [-0.1, -0.05) is 24.6 Å². The zero-order chi connectivity index (χ0) is 32.6. The highest BCUT2D eigenvalue weighted by molar-refractivity contribution is 7.99. The maximum Gasteiger partial charge on any atom is 0.419 e. The first-order valence-electron chi connectivity index (χ1n) is 12.6. The summed E-state index contributed by atoms with van der Waals surface area (Å²) in [5.74, 6) is -8.06. The van der Waals surface area contributed by atoms with Crippen molar-refractivity contribution in [3.63, 3.8) is 0 Å². The molecular formula is C28H20Cl3F6N3O3S. The van der Waals surface area contributed by atoms with E-state index in [1.54, 1.807) is 6.92 Å². The summed E-state index contributed by atoms with van der Waals surface area (Å²) < 4.78 is 80.8. The van der Waals surface area contributed by atoms with Crippen LogP contribution in [0.25, 0.3) is 0 Å². The molecular weight excluding hydrogens is 679 g/mol. The summed E-state index contributed by atoms with van der Waals surface area (Å²) in [6, 6.07) is 7.63. The summed E-state index contributed by atoms with van der Waals surface area (Å²) in [6.07, 6.45) is -4.99. The molecule has 0 saturated heterocycles. The van der Waals surface area contributed by atoms with Crippen molar-refractivity contribution >= 4 is 81.3 Å². The number of hydrogen-bond donors (Lipinski definition) is 3. The molecule has 2 atom stereocenters. The molecule has 4 rings (SSSR count). The predicted molar refractivity (Wildman–Crippen MR) is 158 cm³/mol. The molecule has 16 heteroatoms. The highest BCUT2D eigenvalue weighted by Crippen LogP contribution is 2.65. The molecule has 44 heavy (non-hydrogen) atoms. The normalized spacial score (nSPS) is 17.1. The maximum absolute atomic E-state index is 15.0. The Balaban J connectivity index is 1.51. The second-order valence-corrected chi connectivity index (χ2v) is 12.6. The van der Waals surface area contributed by atoms with E-state index in [1.807, 2.05) is 0 Å². The summed E-state index contributed by atoms with van der Waals surface area (Å²) in [4.78, 5) is 38.0. The van der Waals surface area contributed by atoms with Crippen LogP contribution >= 0.6 is 46.6 Å². The third kappa shape index (κ3) is 7.22. The average molecular weight is 699 g/mol. The van der Waals surface area contributed by atoms with Crippen LogP contribution in [0.1, 0.15) is 34.3 Å². The second-order valence-electron chi connectivity index (χ2n) is 9.47. The van der Waals surface area contributed by atoms with Crippen LogP contribution in [0.5, 0.6) is 0 Å². The van der Waals surface area contributed by atoms with Gasteiger partial charge in [0.2, 0.25) is 11.8 Å². The Morgan fingerprint density at radius 2 is 1.61 bits per heavy atom. The Morgan fingerprint density at radius 3 is 2.27 bits per heavy atom. The highest BCUT2D eigenvalue weighted by atomic mass is 35.5. The van der Waals surface area contributed by atoms with Crippen LogP contribution in [-0.2, 0) is 15.8 Å². The summed E-state index contributed by atoms with van der Waals surface area (Å²) >= 11 is 19.8. The molecule has 1 saturated carbocycles. The van der Waals surface area contributed by atoms with E-state index in [9.17, 15) is 36.3 Å². The van der Waals surface area contributed by atoms with Crippen molar-refractivity contribution in [2.24, 2.45) is 5.92 Å². The van der Waals surface area contributed by atoms with Crippen LogP contribution in [-0.4, -0.2) is 33.6 Å². The van der Waals surface area contributed by atoms with Crippen LogP contribution in [0, 0.1) is 23.4 Å². The molecule has 1 aliphatic carbocycles. The first kappa shape index (κ1) is 33.8. The fourth-order valence-corrected chi connectivity index (χ4v) is 5.84. The third-order valence-electron chi connectivity index (χ3n) is 6.51. The van der Waals surface area contributed by atoms with E-state index in [1.165, 1.54) is 23.9 Å². The molecule has 234 valence electrons. The zero-order valence-electron chi connectivity index (χ0n) is 22.2. The Bertz CT molecular complexity index is 1640. The Hall–Kier alpha value is -3.13. The summed E-state index contributed by atoms with van der Waals surface area (Å²) in [7, 11) is 0. The molecule has 3 N–H and O–H groups in total. The smallest absolute Gasteiger partial charge is 0.326 e. The summed E-state index contributed by atoms with van der Waals surface area (Å²) in [5.41, 5.74) is -3.14. The lowest BCUT2D eigenvalue weighted by Gasteiger charge is -2.13. The van der Waals surface area contributed by atoms with Crippen molar-refractivity contribution in [1.29, 1.82) is 0 Å². The van der Waals surface area contributed by atoms with Gasteiger partial charge in [-0.2, -0.15) is 24.9 Å². The average Bonchev–Trinajstić information content (AvgIpc) is 3.53. The van der Waals surface area contributed by atoms with Crippen molar-refractivity contribution in [2.45, 2.75) is 23.4 Å². The van der Waals surface area contributed by atoms with Gasteiger partial charge < -0.3 is 16.0 Å². The molecule has 0 bridgehead atoms. The lowest BCUT2D eigenvalue weighted by molar-refractivity contribution is -0.140. The van der Waals surface area contributed by atoms with Gasteiger partial charge in [0.15, 0.2) is 5.82 Å². The van der Waals surface area contributed by atoms with Crippen molar-refractivity contribution in [2.75, 3.05) is 27.5 Å². The van der Waals surface area contributed by atoms with E-state index in [4.69, 9.17) is 34.8 Å². The number of alkyl halides is 5. The van der Waals surface area contributed by atoms with Gasteiger partial charge in [-0.3, -0.25) is 14.4 Å². The quantitative estimate of drug-likeness (QED) is 0.155. The van der Waals surface area contributed by atoms with Gasteiger partial charge in [-0.15, -0.1) is 23.2 Å². The van der Waals surface area contributed by atoms with Crippen LogP contribution in [0.2, 0.25) is 5.02 Å². The zero-order valence-corrected chi connectivity index (χ0v) is 25.3. The van der Waals surface area contributed by atoms with Gasteiger partial charge in [0.05, 0.1) is 33.5 Å². The molecule has 6 nitrogen and oxygen atoms in total. The van der Waals surface area contributed by atoms with Crippen molar-refractivity contribution in [3.8, 4) is 0 Å². The molecule has 0 aliphatic heterocycles. The Labute approximate surface area is 265 Å². The van der Waals surface area contributed by atoms with E-state index in [0.717, 1.165) is 24.3 Å². The van der Waals surface area contributed by atoms with E-state index >= 15 is 4.39 Å². The summed E-state index contributed by atoms with van der Waals surface area (Å²) in [5, 5.41) is 6.70. The number of halogens is 9. The van der Waals surface area contributed by atoms with Crippen molar-refractivity contribution < 1.29 is 40.7 Å². The number of hydrogen-bond acceptors (Lipinski definition) is 4. The van der Waals surface area contributed by atoms with Gasteiger partial charge in [0.25, 0.3) is 5.91 Å². The third-order valence-corrected chi connectivity index (χ3v) is 8.66.